The van der Waals surface area contributed by atoms with Crippen LogP contribution in [0.1, 0.15) is 32.8 Å². The molecule has 2 N–H and O–H groups in total. The van der Waals surface area contributed by atoms with Crippen LogP contribution in [0, 0.1) is 13.8 Å². The Hall–Kier alpha value is -1.90. The molecule has 0 aliphatic carbocycles. The molecule has 5 nitrogen and oxygen atoms in total. The largest absolute Gasteiger partial charge is 0.415 e. The third-order valence-corrected chi connectivity index (χ3v) is 3.61. The lowest BCUT2D eigenvalue weighted by molar-refractivity contribution is -0.155. The fraction of sp³-hybridized carbons (Fsp3) is 0.364. The molecule has 0 aliphatic heterocycles. The highest BCUT2D eigenvalue weighted by atomic mass is 32.1. The number of hydrogen-bond acceptors (Lipinski definition) is 4. The van der Waals surface area contributed by atoms with Gasteiger partial charge in [0.2, 0.25) is 0 Å². The van der Waals surface area contributed by atoms with Gasteiger partial charge in [0.05, 0.1) is 0 Å². The Morgan fingerprint density at radius 2 is 2.15 bits per heavy atom. The molecule has 108 valence electrons. The molecule has 0 radical (unpaired) electrons. The first-order chi connectivity index (χ1) is 9.30. The van der Waals surface area contributed by atoms with Crippen LogP contribution in [0.2, 0.25) is 0 Å². The number of carbonyl (C=O) groups excluding carboxylic acids is 1. The number of hydrogen-bond donors (Lipinski definition) is 2. The first-order valence-electron chi connectivity index (χ1n) is 5.59. The maximum absolute atomic E-state index is 13.0. The normalized spacial score (nSPS) is 13.2. The Morgan fingerprint density at radius 3 is 2.60 bits per heavy atom. The summed E-state index contributed by atoms with van der Waals surface area (Å²) in [5.74, 6) is -0.885. The minimum absolute atomic E-state index is 0.0479. The van der Waals surface area contributed by atoms with Crippen LogP contribution in [-0.4, -0.2) is 27.3 Å². The number of aryl methyl sites for hydroxylation is 1. The van der Waals surface area contributed by atoms with Crippen LogP contribution in [0.25, 0.3) is 0 Å². The lowest BCUT2D eigenvalue weighted by Crippen LogP contribution is -2.38. The Labute approximate surface area is 116 Å². The summed E-state index contributed by atoms with van der Waals surface area (Å²) < 4.78 is 39.0. The van der Waals surface area contributed by atoms with Crippen molar-refractivity contribution in [3.05, 3.63) is 33.5 Å². The van der Waals surface area contributed by atoms with Gasteiger partial charge in [0.25, 0.3) is 5.91 Å². The summed E-state index contributed by atoms with van der Waals surface area (Å²) in [5.41, 5.74) is 1.10. The highest BCUT2D eigenvalue weighted by molar-refractivity contribution is 7.09. The standard InChI is InChI=1S/C11H11F3N4OS/c1-5-6(2)17-18-7(5)9(19)16-8(11(12,13)14)10-15-3-4-20-10/h3-4,8H,1-2H3,(H,16,19)(H,17,18). The number of nitrogens with zero attached hydrogens (tertiary/aromatic N) is 2. The maximum Gasteiger partial charge on any atom is 0.415 e. The molecule has 0 aliphatic rings. The molecule has 9 heteroatoms. The fourth-order valence-electron chi connectivity index (χ4n) is 1.57. The molecular formula is C11H11F3N4OS. The number of amides is 1. The molecule has 2 aromatic rings. The number of rotatable bonds is 3. The van der Waals surface area contributed by atoms with Gasteiger partial charge in [0.15, 0.2) is 11.7 Å². The first-order valence-corrected chi connectivity index (χ1v) is 6.47. The third kappa shape index (κ3) is 2.82. The van der Waals surface area contributed by atoms with Gasteiger partial charge >= 0.3 is 6.18 Å². The number of H-pyrrole nitrogens is 1. The van der Waals surface area contributed by atoms with E-state index in [-0.39, 0.29) is 10.7 Å². The predicted molar refractivity (Wildman–Crippen MR) is 66.4 cm³/mol. The molecule has 0 saturated heterocycles. The van der Waals surface area contributed by atoms with Gasteiger partial charge in [-0.2, -0.15) is 18.3 Å². The molecule has 1 atom stereocenters. The molecule has 20 heavy (non-hydrogen) atoms. The van der Waals surface area contributed by atoms with Crippen molar-refractivity contribution in [2.45, 2.75) is 26.1 Å². The van der Waals surface area contributed by atoms with Gasteiger partial charge in [-0.15, -0.1) is 11.3 Å². The van der Waals surface area contributed by atoms with E-state index in [1.807, 2.05) is 5.32 Å². The van der Waals surface area contributed by atoms with Crippen molar-refractivity contribution in [3.63, 3.8) is 0 Å². The molecule has 2 aromatic heterocycles. The van der Waals surface area contributed by atoms with Crippen LogP contribution in [0.3, 0.4) is 0 Å². The molecule has 0 fully saturated rings. The molecule has 0 spiro atoms. The number of aromatic amines is 1. The second-order valence-electron chi connectivity index (χ2n) is 4.14. The second-order valence-corrected chi connectivity index (χ2v) is 5.07. The van der Waals surface area contributed by atoms with Gasteiger partial charge in [0.1, 0.15) is 5.01 Å². The minimum atomic E-state index is -4.62. The van der Waals surface area contributed by atoms with E-state index >= 15 is 0 Å². The van der Waals surface area contributed by atoms with Gasteiger partial charge in [-0.25, -0.2) is 4.98 Å². The van der Waals surface area contributed by atoms with E-state index < -0.39 is 18.1 Å². The highest BCUT2D eigenvalue weighted by Crippen LogP contribution is 2.33. The third-order valence-electron chi connectivity index (χ3n) is 2.77. The van der Waals surface area contributed by atoms with Crippen molar-refractivity contribution in [1.82, 2.24) is 20.5 Å². The summed E-state index contributed by atoms with van der Waals surface area (Å²) >= 11 is 0.830. The van der Waals surface area contributed by atoms with Crippen molar-refractivity contribution >= 4 is 17.2 Å². The summed E-state index contributed by atoms with van der Waals surface area (Å²) in [7, 11) is 0. The zero-order valence-corrected chi connectivity index (χ0v) is 11.4. The molecule has 2 rings (SSSR count). The molecule has 0 aromatic carbocycles. The number of thiazole rings is 1. The van der Waals surface area contributed by atoms with Gasteiger partial charge in [-0.05, 0) is 13.8 Å². The highest BCUT2D eigenvalue weighted by Gasteiger charge is 2.44. The number of carbonyl (C=O) groups is 1. The van der Waals surface area contributed by atoms with E-state index in [9.17, 15) is 18.0 Å². The van der Waals surface area contributed by atoms with Crippen molar-refractivity contribution in [1.29, 1.82) is 0 Å². The van der Waals surface area contributed by atoms with Crippen LogP contribution >= 0.6 is 11.3 Å². The van der Waals surface area contributed by atoms with E-state index in [2.05, 4.69) is 15.2 Å². The SMILES string of the molecule is Cc1[nH]nc(C(=O)NC(c2nccs2)C(F)(F)F)c1C. The molecule has 0 bridgehead atoms. The van der Waals surface area contributed by atoms with Crippen molar-refractivity contribution < 1.29 is 18.0 Å². The van der Waals surface area contributed by atoms with Crippen molar-refractivity contribution in [3.8, 4) is 0 Å². The van der Waals surface area contributed by atoms with Crippen LogP contribution in [0.4, 0.5) is 13.2 Å². The van der Waals surface area contributed by atoms with Gasteiger partial charge in [-0.3, -0.25) is 9.89 Å². The van der Waals surface area contributed by atoms with E-state index in [4.69, 9.17) is 0 Å². The van der Waals surface area contributed by atoms with Crippen LogP contribution < -0.4 is 5.32 Å². The molecule has 1 unspecified atom stereocenters. The van der Waals surface area contributed by atoms with Crippen molar-refractivity contribution in [2.24, 2.45) is 0 Å². The van der Waals surface area contributed by atoms with Crippen LogP contribution in [0.15, 0.2) is 11.6 Å². The van der Waals surface area contributed by atoms with Gasteiger partial charge in [-0.1, -0.05) is 0 Å². The summed E-state index contributed by atoms with van der Waals surface area (Å²) in [6, 6.07) is -2.13. The first kappa shape index (κ1) is 14.5. The summed E-state index contributed by atoms with van der Waals surface area (Å²) in [4.78, 5) is 15.5. The lowest BCUT2D eigenvalue weighted by Gasteiger charge is -2.19. The molecular weight excluding hydrogens is 293 g/mol. The Morgan fingerprint density at radius 1 is 1.45 bits per heavy atom. The van der Waals surface area contributed by atoms with Crippen LogP contribution in [-0.2, 0) is 0 Å². The zero-order valence-electron chi connectivity index (χ0n) is 10.6. The molecule has 1 amide bonds. The van der Waals surface area contributed by atoms with E-state index in [0.717, 1.165) is 11.3 Å². The molecule has 2 heterocycles. The van der Waals surface area contributed by atoms with Gasteiger partial charge in [0, 0.05) is 22.8 Å². The zero-order chi connectivity index (χ0) is 14.9. The summed E-state index contributed by atoms with van der Waals surface area (Å²) in [5, 5.41) is 9.41. The average molecular weight is 304 g/mol. The Kier molecular flexibility index (Phi) is 3.80. The second kappa shape index (κ2) is 5.23. The van der Waals surface area contributed by atoms with E-state index in [1.54, 1.807) is 13.8 Å². The number of aromatic nitrogens is 3. The average Bonchev–Trinajstić information content (AvgIpc) is 2.96. The topological polar surface area (TPSA) is 70.7 Å². The minimum Gasteiger partial charge on any atom is -0.333 e. The van der Waals surface area contributed by atoms with E-state index in [0.29, 0.717) is 11.3 Å². The van der Waals surface area contributed by atoms with E-state index in [1.165, 1.54) is 11.6 Å². The Balaban J connectivity index is 2.25. The number of halogens is 3. The maximum atomic E-state index is 13.0. The van der Waals surface area contributed by atoms with Crippen molar-refractivity contribution in [2.75, 3.05) is 0 Å². The number of alkyl halides is 3. The molecule has 0 saturated carbocycles. The van der Waals surface area contributed by atoms with Gasteiger partial charge < -0.3 is 5.32 Å². The Bertz CT molecular complexity index is 606. The lowest BCUT2D eigenvalue weighted by atomic mass is 10.2. The quantitative estimate of drug-likeness (QED) is 0.915. The summed E-state index contributed by atoms with van der Waals surface area (Å²) in [6.07, 6.45) is -3.36. The summed E-state index contributed by atoms with van der Waals surface area (Å²) in [6.45, 7) is 3.29. The van der Waals surface area contributed by atoms with Crippen LogP contribution in [0.5, 0.6) is 0 Å². The predicted octanol–water partition coefficient (Wildman–Crippen LogP) is 2.52. The number of nitrogens with one attached hydrogen (secondary N) is 2. The smallest absolute Gasteiger partial charge is 0.333 e. The monoisotopic (exact) mass is 304 g/mol. The fourth-order valence-corrected chi connectivity index (χ4v) is 2.28.